The average molecular weight is 252 g/mol. The molecular weight excluding hydrogens is 235 g/mol. The maximum Gasteiger partial charge on any atom is 0.312 e. The quantitative estimate of drug-likeness (QED) is 0.836. The zero-order valence-corrected chi connectivity index (χ0v) is 10.1. The summed E-state index contributed by atoms with van der Waals surface area (Å²) in [5.74, 6) is -2.22. The van der Waals surface area contributed by atoms with E-state index < -0.39 is 17.7 Å². The fourth-order valence-electron chi connectivity index (χ4n) is 2.22. The van der Waals surface area contributed by atoms with E-state index in [0.717, 1.165) is 26.2 Å². The van der Waals surface area contributed by atoms with Gasteiger partial charge in [-0.25, -0.2) is 4.39 Å². The summed E-state index contributed by atoms with van der Waals surface area (Å²) in [6, 6.07) is 6.11. The maximum absolute atomic E-state index is 13.7. The van der Waals surface area contributed by atoms with E-state index in [1.54, 1.807) is 18.2 Å². The largest absolute Gasteiger partial charge is 0.481 e. The first-order chi connectivity index (χ1) is 8.68. The summed E-state index contributed by atoms with van der Waals surface area (Å²) in [4.78, 5) is 13.4. The number of aliphatic carboxylic acids is 1. The second-order valence-electron chi connectivity index (χ2n) is 4.46. The molecule has 0 radical (unpaired) electrons. The molecule has 0 saturated carbocycles. The van der Waals surface area contributed by atoms with Crippen LogP contribution in [-0.2, 0) is 4.79 Å². The first-order valence-electron chi connectivity index (χ1n) is 6.09. The molecule has 98 valence electrons. The van der Waals surface area contributed by atoms with Crippen LogP contribution < -0.4 is 5.32 Å². The predicted molar refractivity (Wildman–Crippen MR) is 66.1 cm³/mol. The minimum absolute atomic E-state index is 0.267. The van der Waals surface area contributed by atoms with Crippen LogP contribution in [0.2, 0.25) is 0 Å². The number of benzene rings is 1. The molecule has 0 spiro atoms. The van der Waals surface area contributed by atoms with E-state index in [-0.39, 0.29) is 5.56 Å². The van der Waals surface area contributed by atoms with Gasteiger partial charge in [-0.2, -0.15) is 0 Å². The van der Waals surface area contributed by atoms with Crippen LogP contribution in [0, 0.1) is 5.82 Å². The predicted octanol–water partition coefficient (Wildman–Crippen LogP) is 0.899. The van der Waals surface area contributed by atoms with Gasteiger partial charge >= 0.3 is 5.97 Å². The Labute approximate surface area is 105 Å². The summed E-state index contributed by atoms with van der Waals surface area (Å²) in [5.41, 5.74) is 0.267. The van der Waals surface area contributed by atoms with Gasteiger partial charge in [-0.3, -0.25) is 9.69 Å². The van der Waals surface area contributed by atoms with Crippen LogP contribution in [0.5, 0.6) is 0 Å². The Kier molecular flexibility index (Phi) is 4.28. The number of carbonyl (C=O) groups is 1. The van der Waals surface area contributed by atoms with Gasteiger partial charge in [0.05, 0.1) is 5.92 Å². The van der Waals surface area contributed by atoms with Gasteiger partial charge in [-0.05, 0) is 6.07 Å². The number of carboxylic acids is 1. The van der Waals surface area contributed by atoms with E-state index in [4.69, 9.17) is 0 Å². The minimum Gasteiger partial charge on any atom is -0.481 e. The molecule has 1 aromatic carbocycles. The second-order valence-corrected chi connectivity index (χ2v) is 4.46. The van der Waals surface area contributed by atoms with Gasteiger partial charge in [0.1, 0.15) is 5.82 Å². The number of hydrogen-bond donors (Lipinski definition) is 2. The van der Waals surface area contributed by atoms with Crippen LogP contribution in [0.25, 0.3) is 0 Å². The van der Waals surface area contributed by atoms with Gasteiger partial charge in [0.25, 0.3) is 0 Å². The molecule has 0 amide bonds. The van der Waals surface area contributed by atoms with E-state index in [0.29, 0.717) is 6.54 Å². The lowest BCUT2D eigenvalue weighted by Crippen LogP contribution is -2.45. The van der Waals surface area contributed by atoms with Crippen LogP contribution in [0.3, 0.4) is 0 Å². The van der Waals surface area contributed by atoms with Crippen molar-refractivity contribution in [2.75, 3.05) is 32.7 Å². The summed E-state index contributed by atoms with van der Waals surface area (Å²) in [6.07, 6.45) is 0. The summed E-state index contributed by atoms with van der Waals surface area (Å²) in [7, 11) is 0. The lowest BCUT2D eigenvalue weighted by Gasteiger charge is -2.29. The third kappa shape index (κ3) is 3.05. The van der Waals surface area contributed by atoms with Crippen molar-refractivity contribution in [2.45, 2.75) is 5.92 Å². The average Bonchev–Trinajstić information content (AvgIpc) is 2.38. The van der Waals surface area contributed by atoms with Crippen molar-refractivity contribution in [3.05, 3.63) is 35.6 Å². The number of carboxylic acid groups (broad SMARTS) is 1. The first kappa shape index (κ1) is 13.0. The highest BCUT2D eigenvalue weighted by molar-refractivity contribution is 5.76. The van der Waals surface area contributed by atoms with Crippen molar-refractivity contribution in [3.63, 3.8) is 0 Å². The molecule has 0 aromatic heterocycles. The Balaban J connectivity index is 2.13. The molecule has 0 aliphatic carbocycles. The lowest BCUT2D eigenvalue weighted by molar-refractivity contribution is -0.139. The van der Waals surface area contributed by atoms with Crippen LogP contribution in [0.4, 0.5) is 4.39 Å². The Morgan fingerprint density at radius 2 is 2.06 bits per heavy atom. The monoisotopic (exact) mass is 252 g/mol. The molecule has 1 atom stereocenters. The third-order valence-electron chi connectivity index (χ3n) is 3.23. The fraction of sp³-hybridized carbons (Fsp3) is 0.462. The zero-order chi connectivity index (χ0) is 13.0. The highest BCUT2D eigenvalue weighted by atomic mass is 19.1. The lowest BCUT2D eigenvalue weighted by atomic mass is 9.98. The van der Waals surface area contributed by atoms with Crippen LogP contribution >= 0.6 is 0 Å². The number of halogens is 1. The molecule has 1 saturated heterocycles. The summed E-state index contributed by atoms with van der Waals surface area (Å²) >= 11 is 0. The Morgan fingerprint density at radius 3 is 2.67 bits per heavy atom. The van der Waals surface area contributed by atoms with Crippen LogP contribution in [0.15, 0.2) is 24.3 Å². The molecule has 1 aliphatic heterocycles. The van der Waals surface area contributed by atoms with Gasteiger partial charge < -0.3 is 10.4 Å². The highest BCUT2D eigenvalue weighted by Crippen LogP contribution is 2.21. The van der Waals surface area contributed by atoms with Crippen molar-refractivity contribution < 1.29 is 14.3 Å². The second kappa shape index (κ2) is 5.93. The SMILES string of the molecule is O=C(O)C(CN1CCNCC1)c1ccccc1F. The van der Waals surface area contributed by atoms with E-state index in [2.05, 4.69) is 10.2 Å². The van der Waals surface area contributed by atoms with Crippen molar-refractivity contribution in [1.82, 2.24) is 10.2 Å². The van der Waals surface area contributed by atoms with Crippen molar-refractivity contribution in [2.24, 2.45) is 0 Å². The number of piperazine rings is 1. The smallest absolute Gasteiger partial charge is 0.312 e. The van der Waals surface area contributed by atoms with E-state index in [9.17, 15) is 14.3 Å². The molecule has 1 fully saturated rings. The summed E-state index contributed by atoms with van der Waals surface area (Å²) < 4.78 is 13.7. The number of nitrogens with zero attached hydrogens (tertiary/aromatic N) is 1. The van der Waals surface area contributed by atoms with E-state index in [1.807, 2.05) is 0 Å². The molecule has 1 heterocycles. The summed E-state index contributed by atoms with van der Waals surface area (Å²) in [6.45, 7) is 3.67. The van der Waals surface area contributed by atoms with Crippen LogP contribution in [-0.4, -0.2) is 48.7 Å². The molecule has 4 nitrogen and oxygen atoms in total. The molecule has 1 aromatic rings. The van der Waals surface area contributed by atoms with Crippen molar-refractivity contribution >= 4 is 5.97 Å². The highest BCUT2D eigenvalue weighted by Gasteiger charge is 2.26. The van der Waals surface area contributed by atoms with Gasteiger partial charge in [-0.1, -0.05) is 18.2 Å². The fourth-order valence-corrected chi connectivity index (χ4v) is 2.22. The zero-order valence-electron chi connectivity index (χ0n) is 10.1. The molecule has 1 unspecified atom stereocenters. The molecule has 1 aliphatic rings. The van der Waals surface area contributed by atoms with Gasteiger partial charge in [-0.15, -0.1) is 0 Å². The number of rotatable bonds is 4. The Bertz CT molecular complexity index is 419. The third-order valence-corrected chi connectivity index (χ3v) is 3.23. The normalized spacial score (nSPS) is 18.5. The van der Waals surface area contributed by atoms with Gasteiger partial charge in [0, 0.05) is 38.3 Å². The first-order valence-corrected chi connectivity index (χ1v) is 6.09. The minimum atomic E-state index is -0.973. The Morgan fingerprint density at radius 1 is 1.39 bits per heavy atom. The molecule has 5 heteroatoms. The molecule has 2 N–H and O–H groups in total. The molecule has 18 heavy (non-hydrogen) atoms. The topological polar surface area (TPSA) is 52.6 Å². The Hall–Kier alpha value is -1.46. The van der Waals surface area contributed by atoms with Gasteiger partial charge in [0.15, 0.2) is 0 Å². The molecular formula is C13H17FN2O2. The van der Waals surface area contributed by atoms with Gasteiger partial charge in [0.2, 0.25) is 0 Å². The molecule has 0 bridgehead atoms. The van der Waals surface area contributed by atoms with E-state index >= 15 is 0 Å². The van der Waals surface area contributed by atoms with E-state index in [1.165, 1.54) is 6.07 Å². The number of nitrogens with one attached hydrogen (secondary N) is 1. The standard InChI is InChI=1S/C13H17FN2O2/c14-12-4-2-1-3-10(12)11(13(17)18)9-16-7-5-15-6-8-16/h1-4,11,15H,5-9H2,(H,17,18). The molecule has 2 rings (SSSR count). The van der Waals surface area contributed by atoms with Crippen molar-refractivity contribution in [1.29, 1.82) is 0 Å². The van der Waals surface area contributed by atoms with Crippen LogP contribution in [0.1, 0.15) is 11.5 Å². The number of hydrogen-bond acceptors (Lipinski definition) is 3. The summed E-state index contributed by atoms with van der Waals surface area (Å²) in [5, 5.41) is 12.5. The maximum atomic E-state index is 13.7. The van der Waals surface area contributed by atoms with Crippen molar-refractivity contribution in [3.8, 4) is 0 Å².